The highest BCUT2D eigenvalue weighted by Crippen LogP contribution is 2.20. The summed E-state index contributed by atoms with van der Waals surface area (Å²) >= 11 is 0. The second-order valence-electron chi connectivity index (χ2n) is 7.78. The predicted octanol–water partition coefficient (Wildman–Crippen LogP) is 2.82. The zero-order valence-electron chi connectivity index (χ0n) is 18.1. The summed E-state index contributed by atoms with van der Waals surface area (Å²) in [6.45, 7) is 6.09. The standard InChI is InChI=1S/C23H26N4O4S/c1-17-15-18(2)27(25-17)16-19-3-5-20(6-4-19)23(28)24-21-7-9-22(10-8-21)32(29,30)26-11-13-31-14-12-26/h3-10,15H,11-14,16H2,1-2H3,(H,24,28). The monoisotopic (exact) mass is 454 g/mol. The Labute approximate surface area is 187 Å². The lowest BCUT2D eigenvalue weighted by atomic mass is 10.1. The van der Waals surface area contributed by atoms with Crippen molar-refractivity contribution in [1.82, 2.24) is 14.1 Å². The lowest BCUT2D eigenvalue weighted by molar-refractivity contribution is 0.0730. The molecular weight excluding hydrogens is 428 g/mol. The van der Waals surface area contributed by atoms with E-state index in [-0.39, 0.29) is 10.8 Å². The molecule has 1 N–H and O–H groups in total. The number of hydrogen-bond acceptors (Lipinski definition) is 5. The molecule has 0 radical (unpaired) electrons. The molecule has 0 unspecified atom stereocenters. The first-order chi connectivity index (χ1) is 15.3. The van der Waals surface area contributed by atoms with Crippen molar-refractivity contribution >= 4 is 21.6 Å². The van der Waals surface area contributed by atoms with Gasteiger partial charge in [-0.3, -0.25) is 9.48 Å². The highest BCUT2D eigenvalue weighted by Gasteiger charge is 2.26. The molecule has 1 aromatic heterocycles. The van der Waals surface area contributed by atoms with Crippen LogP contribution in [0, 0.1) is 13.8 Å². The average molecular weight is 455 g/mol. The fourth-order valence-corrected chi connectivity index (χ4v) is 5.03. The van der Waals surface area contributed by atoms with Crippen LogP contribution in [0.25, 0.3) is 0 Å². The number of benzene rings is 2. The molecule has 1 aliphatic heterocycles. The van der Waals surface area contributed by atoms with Crippen LogP contribution in [0.15, 0.2) is 59.5 Å². The number of carbonyl (C=O) groups is 1. The van der Waals surface area contributed by atoms with Crippen LogP contribution in [0.2, 0.25) is 0 Å². The van der Waals surface area contributed by atoms with Crippen LogP contribution in [0.5, 0.6) is 0 Å². The van der Waals surface area contributed by atoms with Gasteiger partial charge in [0.1, 0.15) is 0 Å². The van der Waals surface area contributed by atoms with Crippen molar-refractivity contribution in [2.75, 3.05) is 31.6 Å². The van der Waals surface area contributed by atoms with Gasteiger partial charge in [0.25, 0.3) is 5.91 Å². The number of amides is 1. The molecule has 0 atom stereocenters. The Morgan fingerprint density at radius 2 is 1.69 bits per heavy atom. The van der Waals surface area contributed by atoms with E-state index in [4.69, 9.17) is 4.74 Å². The number of sulfonamides is 1. The third-order valence-corrected chi connectivity index (χ3v) is 7.28. The Kier molecular flexibility index (Phi) is 6.40. The molecule has 2 heterocycles. The molecule has 168 valence electrons. The molecule has 0 bridgehead atoms. The second kappa shape index (κ2) is 9.23. The summed E-state index contributed by atoms with van der Waals surface area (Å²) in [6, 6.07) is 15.6. The smallest absolute Gasteiger partial charge is 0.255 e. The zero-order valence-corrected chi connectivity index (χ0v) is 18.9. The number of nitrogens with zero attached hydrogens (tertiary/aromatic N) is 3. The van der Waals surface area contributed by atoms with Gasteiger partial charge in [0.15, 0.2) is 0 Å². The van der Waals surface area contributed by atoms with Gasteiger partial charge in [0, 0.05) is 30.0 Å². The SMILES string of the molecule is Cc1cc(C)n(Cc2ccc(C(=O)Nc3ccc(S(=O)(=O)N4CCOCC4)cc3)cc2)n1. The highest BCUT2D eigenvalue weighted by molar-refractivity contribution is 7.89. The van der Waals surface area contributed by atoms with Crippen LogP contribution < -0.4 is 5.32 Å². The third kappa shape index (κ3) is 4.90. The van der Waals surface area contributed by atoms with Crippen LogP contribution in [-0.2, 0) is 21.3 Å². The lowest BCUT2D eigenvalue weighted by Crippen LogP contribution is -2.40. The fourth-order valence-electron chi connectivity index (χ4n) is 3.62. The number of anilines is 1. The van der Waals surface area contributed by atoms with Gasteiger partial charge in [0.05, 0.1) is 30.3 Å². The molecule has 9 heteroatoms. The molecule has 2 aromatic carbocycles. The van der Waals surface area contributed by atoms with Crippen molar-refractivity contribution < 1.29 is 17.9 Å². The number of nitrogens with one attached hydrogen (secondary N) is 1. The molecular formula is C23H26N4O4S. The van der Waals surface area contributed by atoms with Gasteiger partial charge in [-0.05, 0) is 61.9 Å². The molecule has 4 rings (SSSR count). The van der Waals surface area contributed by atoms with Gasteiger partial charge in [-0.25, -0.2) is 8.42 Å². The van der Waals surface area contributed by atoms with Crippen LogP contribution in [0.3, 0.4) is 0 Å². The molecule has 0 spiro atoms. The molecule has 1 amide bonds. The van der Waals surface area contributed by atoms with Crippen LogP contribution in [-0.4, -0.2) is 54.7 Å². The van der Waals surface area contributed by atoms with Crippen molar-refractivity contribution in [3.63, 3.8) is 0 Å². The summed E-state index contributed by atoms with van der Waals surface area (Å²) in [5.74, 6) is -0.258. The number of aromatic nitrogens is 2. The summed E-state index contributed by atoms with van der Waals surface area (Å²) in [7, 11) is -3.56. The molecule has 0 saturated carbocycles. The Bertz CT molecular complexity index is 1200. The minimum absolute atomic E-state index is 0.200. The first-order valence-electron chi connectivity index (χ1n) is 10.4. The van der Waals surface area contributed by atoms with Crippen molar-refractivity contribution in [1.29, 1.82) is 0 Å². The van der Waals surface area contributed by atoms with Gasteiger partial charge in [-0.2, -0.15) is 9.40 Å². The quantitative estimate of drug-likeness (QED) is 0.618. The van der Waals surface area contributed by atoms with Gasteiger partial charge >= 0.3 is 0 Å². The number of rotatable bonds is 6. The minimum atomic E-state index is -3.56. The van der Waals surface area contributed by atoms with Gasteiger partial charge in [-0.1, -0.05) is 12.1 Å². The number of ether oxygens (including phenoxy) is 1. The Balaban J connectivity index is 1.39. The number of carbonyl (C=O) groups excluding carboxylic acids is 1. The summed E-state index contributed by atoms with van der Waals surface area (Å²) < 4.78 is 34.0. The maximum atomic E-state index is 12.7. The molecule has 1 fully saturated rings. The molecule has 8 nitrogen and oxygen atoms in total. The Hall–Kier alpha value is -3.01. The molecule has 0 aliphatic carbocycles. The molecule has 1 saturated heterocycles. The summed E-state index contributed by atoms with van der Waals surface area (Å²) in [5.41, 5.74) is 4.16. The first-order valence-corrected chi connectivity index (χ1v) is 11.9. The van der Waals surface area contributed by atoms with Gasteiger partial charge in [0.2, 0.25) is 10.0 Å². The van der Waals surface area contributed by atoms with E-state index in [1.54, 1.807) is 24.3 Å². The molecule has 1 aliphatic rings. The summed E-state index contributed by atoms with van der Waals surface area (Å²) in [6.07, 6.45) is 0. The Morgan fingerprint density at radius 3 is 2.28 bits per heavy atom. The third-order valence-electron chi connectivity index (χ3n) is 5.37. The largest absolute Gasteiger partial charge is 0.379 e. The average Bonchev–Trinajstić information content (AvgIpc) is 3.11. The second-order valence-corrected chi connectivity index (χ2v) is 9.71. The van der Waals surface area contributed by atoms with Crippen LogP contribution >= 0.6 is 0 Å². The maximum Gasteiger partial charge on any atom is 0.255 e. The van der Waals surface area contributed by atoms with Crippen LogP contribution in [0.4, 0.5) is 5.69 Å². The van der Waals surface area contributed by atoms with Gasteiger partial charge in [-0.15, -0.1) is 0 Å². The van der Waals surface area contributed by atoms with E-state index in [0.717, 1.165) is 17.0 Å². The normalized spacial score (nSPS) is 14.9. The minimum Gasteiger partial charge on any atom is -0.379 e. The van der Waals surface area contributed by atoms with E-state index >= 15 is 0 Å². The summed E-state index contributed by atoms with van der Waals surface area (Å²) in [5, 5.41) is 7.27. The highest BCUT2D eigenvalue weighted by atomic mass is 32.2. The van der Waals surface area contributed by atoms with E-state index in [9.17, 15) is 13.2 Å². The van der Waals surface area contributed by atoms with E-state index in [0.29, 0.717) is 44.1 Å². The number of aryl methyl sites for hydroxylation is 2. The lowest BCUT2D eigenvalue weighted by Gasteiger charge is -2.26. The number of morpholine rings is 1. The first kappa shape index (κ1) is 22.2. The number of hydrogen-bond donors (Lipinski definition) is 1. The van der Waals surface area contributed by atoms with Crippen molar-refractivity contribution in [2.24, 2.45) is 0 Å². The predicted molar refractivity (Wildman–Crippen MR) is 121 cm³/mol. The van der Waals surface area contributed by atoms with Crippen molar-refractivity contribution in [2.45, 2.75) is 25.3 Å². The fraction of sp³-hybridized carbons (Fsp3) is 0.304. The zero-order chi connectivity index (χ0) is 22.7. The van der Waals surface area contributed by atoms with Crippen LogP contribution in [0.1, 0.15) is 27.3 Å². The van der Waals surface area contributed by atoms with Crippen molar-refractivity contribution in [3.05, 3.63) is 77.1 Å². The molecule has 32 heavy (non-hydrogen) atoms. The molecule has 3 aromatic rings. The summed E-state index contributed by atoms with van der Waals surface area (Å²) in [4.78, 5) is 12.8. The van der Waals surface area contributed by atoms with Crippen molar-refractivity contribution in [3.8, 4) is 0 Å². The Morgan fingerprint density at radius 1 is 1.03 bits per heavy atom. The van der Waals surface area contributed by atoms with Gasteiger partial charge < -0.3 is 10.1 Å². The van der Waals surface area contributed by atoms with E-state index in [1.807, 2.05) is 36.7 Å². The maximum absolute atomic E-state index is 12.7. The van der Waals surface area contributed by atoms with E-state index < -0.39 is 10.0 Å². The van der Waals surface area contributed by atoms with E-state index in [2.05, 4.69) is 10.4 Å². The topological polar surface area (TPSA) is 93.5 Å². The van der Waals surface area contributed by atoms with E-state index in [1.165, 1.54) is 16.4 Å².